The van der Waals surface area contributed by atoms with Crippen molar-refractivity contribution in [1.82, 2.24) is 20.6 Å². The zero-order valence-electron chi connectivity index (χ0n) is 13.1. The lowest BCUT2D eigenvalue weighted by atomic mass is 10.1. The molecule has 1 aliphatic rings. The van der Waals surface area contributed by atoms with E-state index in [0.29, 0.717) is 25.9 Å². The molecule has 0 saturated carbocycles. The molecule has 1 fully saturated rings. The van der Waals surface area contributed by atoms with Gasteiger partial charge in [0.05, 0.1) is 6.10 Å². The zero-order chi connectivity index (χ0) is 17.8. The van der Waals surface area contributed by atoms with Crippen molar-refractivity contribution < 1.29 is 13.9 Å². The first-order valence-corrected chi connectivity index (χ1v) is 7.61. The third-order valence-electron chi connectivity index (χ3n) is 3.89. The monoisotopic (exact) mass is 347 g/mol. The molecule has 2 heterocycles. The van der Waals surface area contributed by atoms with Crippen LogP contribution in [0.25, 0.3) is 5.57 Å². The van der Waals surface area contributed by atoms with E-state index in [2.05, 4.69) is 25.9 Å². The number of aliphatic hydroxyl groups is 1. The zero-order valence-corrected chi connectivity index (χ0v) is 13.1. The number of halogens is 2. The van der Waals surface area contributed by atoms with Gasteiger partial charge in [-0.2, -0.15) is 10.5 Å². The fraction of sp³-hybridized carbons (Fsp3) is 0.333. The van der Waals surface area contributed by atoms with Crippen LogP contribution >= 0.6 is 0 Å². The number of benzene rings is 1. The molecule has 1 aromatic heterocycles. The van der Waals surface area contributed by atoms with E-state index in [9.17, 15) is 13.9 Å². The maximum atomic E-state index is 14.4. The van der Waals surface area contributed by atoms with Crippen LogP contribution in [0.2, 0.25) is 0 Å². The molecule has 3 N–H and O–H groups in total. The Morgan fingerprint density at radius 3 is 2.60 bits per heavy atom. The smallest absolute Gasteiger partial charge is 0.216 e. The number of nitrogens with zero attached hydrogens (tertiary/aromatic N) is 5. The quantitative estimate of drug-likeness (QED) is 0.717. The number of aromatic amines is 1. The first kappa shape index (κ1) is 16.8. The van der Waals surface area contributed by atoms with Crippen molar-refractivity contribution in [3.8, 4) is 6.07 Å². The highest BCUT2D eigenvalue weighted by atomic mass is 19.1. The topological polar surface area (TPSA) is 114 Å². The van der Waals surface area contributed by atoms with Gasteiger partial charge in [0.25, 0.3) is 0 Å². The lowest BCUT2D eigenvalue weighted by Crippen LogP contribution is -2.36. The summed E-state index contributed by atoms with van der Waals surface area (Å²) in [6.45, 7) is 0.774. The summed E-state index contributed by atoms with van der Waals surface area (Å²) in [6.07, 6.45) is 1.76. The standard InChI is InChI=1S/C15H15F2N7O/c16-12-5-10(19-8-9(7-18)15-20-22-23-21-15)6-13(17)14(12)24-3-1-11(25)2-4-24/h5-6,8,11,19,25H,1-4H2,(H,20,21,22,23). The molecule has 3 rings (SSSR count). The van der Waals surface area contributed by atoms with Gasteiger partial charge in [0.15, 0.2) is 11.6 Å². The van der Waals surface area contributed by atoms with Gasteiger partial charge in [-0.1, -0.05) is 0 Å². The summed E-state index contributed by atoms with van der Waals surface area (Å²) in [6, 6.07) is 4.15. The number of hydrogen-bond donors (Lipinski definition) is 3. The first-order chi connectivity index (χ1) is 12.1. The maximum Gasteiger partial charge on any atom is 0.216 e. The number of piperidine rings is 1. The van der Waals surface area contributed by atoms with E-state index in [1.54, 1.807) is 4.90 Å². The van der Waals surface area contributed by atoms with E-state index in [0.717, 1.165) is 12.1 Å². The van der Waals surface area contributed by atoms with Crippen LogP contribution in [0, 0.1) is 23.0 Å². The molecule has 25 heavy (non-hydrogen) atoms. The van der Waals surface area contributed by atoms with Crippen molar-refractivity contribution in [3.05, 3.63) is 35.8 Å². The van der Waals surface area contributed by atoms with Gasteiger partial charge in [-0.25, -0.2) is 8.78 Å². The van der Waals surface area contributed by atoms with Crippen LogP contribution in [0.3, 0.4) is 0 Å². The van der Waals surface area contributed by atoms with Crippen molar-refractivity contribution in [3.63, 3.8) is 0 Å². The van der Waals surface area contributed by atoms with Crippen LogP contribution in [0.4, 0.5) is 20.2 Å². The number of aromatic nitrogens is 4. The molecule has 0 unspecified atom stereocenters. The summed E-state index contributed by atoms with van der Waals surface area (Å²) < 4.78 is 28.7. The molecule has 0 radical (unpaired) electrons. The number of nitriles is 1. The maximum absolute atomic E-state index is 14.4. The number of anilines is 2. The Hall–Kier alpha value is -3.06. The number of H-pyrrole nitrogens is 1. The van der Waals surface area contributed by atoms with Gasteiger partial charge in [-0.3, -0.25) is 0 Å². The van der Waals surface area contributed by atoms with E-state index < -0.39 is 17.7 Å². The Morgan fingerprint density at radius 2 is 2.04 bits per heavy atom. The molecular formula is C15H15F2N7O. The van der Waals surface area contributed by atoms with Gasteiger partial charge in [0, 0.05) is 25.0 Å². The van der Waals surface area contributed by atoms with Crippen molar-refractivity contribution in [1.29, 1.82) is 5.26 Å². The number of rotatable bonds is 4. The second kappa shape index (κ2) is 7.23. The SMILES string of the molecule is N#CC(=CNc1cc(F)c(N2CCC(O)CC2)c(F)c1)c1nn[nH]n1. The van der Waals surface area contributed by atoms with Crippen LogP contribution in [0.15, 0.2) is 18.3 Å². The van der Waals surface area contributed by atoms with Crippen molar-refractivity contribution in [2.24, 2.45) is 0 Å². The van der Waals surface area contributed by atoms with Crippen molar-refractivity contribution in [2.75, 3.05) is 23.3 Å². The molecule has 8 nitrogen and oxygen atoms in total. The Morgan fingerprint density at radius 1 is 1.36 bits per heavy atom. The molecule has 0 aliphatic carbocycles. The van der Waals surface area contributed by atoms with E-state index in [-0.39, 0.29) is 22.8 Å². The summed E-state index contributed by atoms with van der Waals surface area (Å²) >= 11 is 0. The van der Waals surface area contributed by atoms with Crippen LogP contribution < -0.4 is 10.2 Å². The average Bonchev–Trinajstić information content (AvgIpc) is 3.11. The highest BCUT2D eigenvalue weighted by Crippen LogP contribution is 2.29. The summed E-state index contributed by atoms with van der Waals surface area (Å²) in [4.78, 5) is 1.58. The predicted molar refractivity (Wildman–Crippen MR) is 85.2 cm³/mol. The van der Waals surface area contributed by atoms with E-state index in [1.807, 2.05) is 6.07 Å². The van der Waals surface area contributed by atoms with Gasteiger partial charge in [-0.15, -0.1) is 10.2 Å². The summed E-state index contributed by atoms with van der Waals surface area (Å²) in [5.74, 6) is -1.37. The highest BCUT2D eigenvalue weighted by Gasteiger charge is 2.23. The van der Waals surface area contributed by atoms with Crippen LogP contribution in [0.5, 0.6) is 0 Å². The molecule has 1 saturated heterocycles. The fourth-order valence-corrected chi connectivity index (χ4v) is 2.62. The van der Waals surface area contributed by atoms with Gasteiger partial charge in [-0.05, 0) is 30.2 Å². The minimum Gasteiger partial charge on any atom is -0.393 e. The van der Waals surface area contributed by atoms with Gasteiger partial charge in [0.2, 0.25) is 5.82 Å². The van der Waals surface area contributed by atoms with Gasteiger partial charge >= 0.3 is 0 Å². The van der Waals surface area contributed by atoms with Crippen molar-refractivity contribution >= 4 is 16.9 Å². The number of hydrogen-bond acceptors (Lipinski definition) is 7. The molecule has 1 aromatic carbocycles. The number of aliphatic hydroxyl groups excluding tert-OH is 1. The van der Waals surface area contributed by atoms with Crippen LogP contribution in [0.1, 0.15) is 18.7 Å². The summed E-state index contributed by atoms with van der Waals surface area (Å²) in [5.41, 5.74) is 0.0933. The fourth-order valence-electron chi connectivity index (χ4n) is 2.62. The molecule has 0 bridgehead atoms. The molecule has 130 valence electrons. The number of tetrazole rings is 1. The minimum absolute atomic E-state index is 0.0589. The predicted octanol–water partition coefficient (Wildman–Crippen LogP) is 1.42. The molecule has 10 heteroatoms. The third-order valence-corrected chi connectivity index (χ3v) is 3.89. The second-order valence-corrected chi connectivity index (χ2v) is 5.56. The van der Waals surface area contributed by atoms with Crippen LogP contribution in [-0.4, -0.2) is 44.9 Å². The molecular weight excluding hydrogens is 332 g/mol. The Bertz CT molecular complexity index is 785. The number of nitrogens with one attached hydrogen (secondary N) is 2. The van der Waals surface area contributed by atoms with E-state index in [1.165, 1.54) is 6.20 Å². The lowest BCUT2D eigenvalue weighted by Gasteiger charge is -2.32. The summed E-state index contributed by atoms with van der Waals surface area (Å²) in [7, 11) is 0. The molecule has 0 amide bonds. The highest BCUT2D eigenvalue weighted by molar-refractivity contribution is 5.74. The normalized spacial score (nSPS) is 15.9. The Balaban J connectivity index is 1.79. The van der Waals surface area contributed by atoms with Crippen molar-refractivity contribution in [2.45, 2.75) is 18.9 Å². The van der Waals surface area contributed by atoms with Gasteiger partial charge < -0.3 is 15.3 Å². The average molecular weight is 347 g/mol. The second-order valence-electron chi connectivity index (χ2n) is 5.56. The lowest BCUT2D eigenvalue weighted by molar-refractivity contribution is 0.145. The molecule has 0 atom stereocenters. The Kier molecular flexibility index (Phi) is 4.85. The minimum atomic E-state index is -0.717. The first-order valence-electron chi connectivity index (χ1n) is 7.61. The molecule has 0 spiro atoms. The Labute approximate surface area is 141 Å². The third kappa shape index (κ3) is 3.72. The van der Waals surface area contributed by atoms with Gasteiger partial charge in [0.1, 0.15) is 17.3 Å². The molecule has 1 aliphatic heterocycles. The van der Waals surface area contributed by atoms with Crippen LogP contribution in [-0.2, 0) is 0 Å². The summed E-state index contributed by atoms with van der Waals surface area (Å²) in [5, 5.41) is 34.1. The van der Waals surface area contributed by atoms with E-state index in [4.69, 9.17) is 5.26 Å². The number of allylic oxidation sites excluding steroid dienone is 1. The molecule has 2 aromatic rings. The van der Waals surface area contributed by atoms with E-state index >= 15 is 0 Å². The largest absolute Gasteiger partial charge is 0.393 e.